The molecule has 34 heavy (non-hydrogen) atoms. The second-order valence-corrected chi connectivity index (χ2v) is 8.83. The number of urea groups is 1. The number of rotatable bonds is 7. The Morgan fingerprint density at radius 1 is 0.971 bits per heavy atom. The molecule has 174 valence electrons. The summed E-state index contributed by atoms with van der Waals surface area (Å²) in [6.45, 7) is 2.69. The molecule has 2 amide bonds. The van der Waals surface area contributed by atoms with E-state index in [1.54, 1.807) is 24.3 Å². The lowest BCUT2D eigenvalue weighted by atomic mass is 9.90. The highest BCUT2D eigenvalue weighted by molar-refractivity contribution is 6.00. The predicted octanol–water partition coefficient (Wildman–Crippen LogP) is 5.15. The average Bonchev–Trinajstić information content (AvgIpc) is 2.87. The number of aliphatic hydroxyl groups is 1. The number of aliphatic hydroxyl groups excluding tert-OH is 1. The van der Waals surface area contributed by atoms with Crippen molar-refractivity contribution in [3.05, 3.63) is 95.1 Å². The standard InChI is InChI=1S/C28H30N4O2/c29-18-23-7-4-8-26(16-23)30-28(34)31-27-17-24(20-33)9-10-25(27)19-32-13-11-22(12-14-32)15-21-5-2-1-3-6-21/h1-10,16-17,22,33H,11-15,19-20H2,(H2,30,31,34). The maximum absolute atomic E-state index is 12.7. The second-order valence-electron chi connectivity index (χ2n) is 8.83. The van der Waals surface area contributed by atoms with Gasteiger partial charge in [-0.15, -0.1) is 0 Å². The van der Waals surface area contributed by atoms with Gasteiger partial charge in [-0.3, -0.25) is 4.90 Å². The quantitative estimate of drug-likeness (QED) is 0.461. The van der Waals surface area contributed by atoms with E-state index >= 15 is 0 Å². The summed E-state index contributed by atoms with van der Waals surface area (Å²) in [5, 5.41) is 24.4. The van der Waals surface area contributed by atoms with Gasteiger partial charge in [0.15, 0.2) is 0 Å². The van der Waals surface area contributed by atoms with Crippen LogP contribution in [0.3, 0.4) is 0 Å². The van der Waals surface area contributed by atoms with Gasteiger partial charge in [-0.1, -0.05) is 48.5 Å². The first-order valence-corrected chi connectivity index (χ1v) is 11.7. The number of carbonyl (C=O) groups is 1. The molecule has 0 aromatic heterocycles. The van der Waals surface area contributed by atoms with E-state index in [-0.39, 0.29) is 12.6 Å². The van der Waals surface area contributed by atoms with Crippen molar-refractivity contribution in [1.82, 2.24) is 4.90 Å². The highest BCUT2D eigenvalue weighted by atomic mass is 16.3. The second kappa shape index (κ2) is 11.5. The van der Waals surface area contributed by atoms with Crippen LogP contribution in [0.15, 0.2) is 72.8 Å². The first-order chi connectivity index (χ1) is 16.6. The van der Waals surface area contributed by atoms with Crippen molar-refractivity contribution in [3.8, 4) is 6.07 Å². The molecule has 1 saturated heterocycles. The lowest BCUT2D eigenvalue weighted by Gasteiger charge is -2.32. The van der Waals surface area contributed by atoms with Gasteiger partial charge in [-0.05, 0) is 79.2 Å². The van der Waals surface area contributed by atoms with Gasteiger partial charge in [0.2, 0.25) is 0 Å². The van der Waals surface area contributed by atoms with E-state index in [9.17, 15) is 9.90 Å². The Morgan fingerprint density at radius 3 is 2.50 bits per heavy atom. The van der Waals surface area contributed by atoms with Crippen LogP contribution < -0.4 is 10.6 Å². The lowest BCUT2D eigenvalue weighted by molar-refractivity contribution is 0.177. The summed E-state index contributed by atoms with van der Waals surface area (Å²) in [6, 6.07) is 24.9. The molecular formula is C28H30N4O2. The summed E-state index contributed by atoms with van der Waals surface area (Å²) in [6.07, 6.45) is 3.43. The van der Waals surface area contributed by atoms with Crippen molar-refractivity contribution in [2.24, 2.45) is 5.92 Å². The SMILES string of the molecule is N#Cc1cccc(NC(=O)Nc2cc(CO)ccc2CN2CCC(Cc3ccccc3)CC2)c1. The molecule has 1 aliphatic heterocycles. The van der Waals surface area contributed by atoms with E-state index in [0.717, 1.165) is 50.0 Å². The van der Waals surface area contributed by atoms with Crippen molar-refractivity contribution in [2.75, 3.05) is 23.7 Å². The van der Waals surface area contributed by atoms with Crippen molar-refractivity contribution in [2.45, 2.75) is 32.4 Å². The Hall–Kier alpha value is -3.66. The molecule has 0 bridgehead atoms. The number of piperidine rings is 1. The van der Waals surface area contributed by atoms with E-state index in [0.29, 0.717) is 22.9 Å². The minimum atomic E-state index is -0.381. The summed E-state index contributed by atoms with van der Waals surface area (Å²) < 4.78 is 0. The monoisotopic (exact) mass is 454 g/mol. The predicted molar refractivity (Wildman–Crippen MR) is 134 cm³/mol. The number of hydrogen-bond donors (Lipinski definition) is 3. The van der Waals surface area contributed by atoms with E-state index in [1.807, 2.05) is 18.2 Å². The van der Waals surface area contributed by atoms with Crippen molar-refractivity contribution < 1.29 is 9.90 Å². The van der Waals surface area contributed by atoms with E-state index < -0.39 is 0 Å². The minimum absolute atomic E-state index is 0.0916. The smallest absolute Gasteiger partial charge is 0.323 e. The molecular weight excluding hydrogens is 424 g/mol. The molecule has 1 heterocycles. The Morgan fingerprint density at radius 2 is 1.76 bits per heavy atom. The number of likely N-dealkylation sites (tertiary alicyclic amines) is 1. The van der Waals surface area contributed by atoms with Crippen LogP contribution >= 0.6 is 0 Å². The van der Waals surface area contributed by atoms with Gasteiger partial charge in [-0.2, -0.15) is 5.26 Å². The molecule has 1 aliphatic rings. The molecule has 0 saturated carbocycles. The molecule has 3 N–H and O–H groups in total. The van der Waals surface area contributed by atoms with Crippen molar-refractivity contribution in [1.29, 1.82) is 5.26 Å². The first-order valence-electron chi connectivity index (χ1n) is 11.7. The third-order valence-electron chi connectivity index (χ3n) is 6.32. The van der Waals surface area contributed by atoms with Crippen LogP contribution in [0.25, 0.3) is 0 Å². The first kappa shape index (κ1) is 23.5. The topological polar surface area (TPSA) is 88.4 Å². The average molecular weight is 455 g/mol. The van der Waals surface area contributed by atoms with Crippen LogP contribution in [0.4, 0.5) is 16.2 Å². The number of benzene rings is 3. The number of nitrogens with one attached hydrogen (secondary N) is 2. The molecule has 6 heteroatoms. The molecule has 3 aromatic carbocycles. The van der Waals surface area contributed by atoms with Crippen LogP contribution in [0, 0.1) is 17.2 Å². The molecule has 4 rings (SSSR count). The van der Waals surface area contributed by atoms with Gasteiger partial charge in [0.1, 0.15) is 0 Å². The fraction of sp³-hybridized carbons (Fsp3) is 0.286. The number of nitrogens with zero attached hydrogens (tertiary/aromatic N) is 2. The van der Waals surface area contributed by atoms with Crippen LogP contribution in [0.5, 0.6) is 0 Å². The van der Waals surface area contributed by atoms with Gasteiger partial charge < -0.3 is 15.7 Å². The van der Waals surface area contributed by atoms with Crippen LogP contribution in [-0.2, 0) is 19.6 Å². The third-order valence-corrected chi connectivity index (χ3v) is 6.32. The Kier molecular flexibility index (Phi) is 7.92. The van der Waals surface area contributed by atoms with E-state index in [1.165, 1.54) is 5.56 Å². The summed E-state index contributed by atoms with van der Waals surface area (Å²) in [7, 11) is 0. The molecule has 0 aliphatic carbocycles. The Bertz CT molecular complexity index is 1150. The van der Waals surface area contributed by atoms with Crippen LogP contribution in [-0.4, -0.2) is 29.1 Å². The minimum Gasteiger partial charge on any atom is -0.392 e. The third kappa shape index (κ3) is 6.44. The zero-order chi connectivity index (χ0) is 23.8. The zero-order valence-corrected chi connectivity index (χ0v) is 19.2. The molecule has 1 fully saturated rings. The van der Waals surface area contributed by atoms with Crippen LogP contribution in [0.2, 0.25) is 0 Å². The van der Waals surface area contributed by atoms with E-state index in [2.05, 4.69) is 51.9 Å². The number of nitriles is 1. The number of anilines is 2. The van der Waals surface area contributed by atoms with Crippen LogP contribution in [0.1, 0.15) is 35.1 Å². The normalized spacial score (nSPS) is 14.4. The Labute approximate surface area is 200 Å². The maximum Gasteiger partial charge on any atom is 0.323 e. The summed E-state index contributed by atoms with van der Waals surface area (Å²) in [5.41, 5.74) is 4.88. The van der Waals surface area contributed by atoms with Crippen molar-refractivity contribution in [3.63, 3.8) is 0 Å². The molecule has 3 aromatic rings. The highest BCUT2D eigenvalue weighted by Gasteiger charge is 2.21. The summed E-state index contributed by atoms with van der Waals surface area (Å²) in [5.74, 6) is 0.697. The largest absolute Gasteiger partial charge is 0.392 e. The molecule has 0 spiro atoms. The lowest BCUT2D eigenvalue weighted by Crippen LogP contribution is -2.34. The van der Waals surface area contributed by atoms with Gasteiger partial charge in [0, 0.05) is 17.9 Å². The number of amides is 2. The zero-order valence-electron chi connectivity index (χ0n) is 19.2. The molecule has 0 atom stereocenters. The summed E-state index contributed by atoms with van der Waals surface area (Å²) >= 11 is 0. The number of carbonyl (C=O) groups excluding carboxylic acids is 1. The van der Waals surface area contributed by atoms with Gasteiger partial charge in [-0.25, -0.2) is 4.79 Å². The van der Waals surface area contributed by atoms with Gasteiger partial charge in [0.25, 0.3) is 0 Å². The molecule has 6 nitrogen and oxygen atoms in total. The van der Waals surface area contributed by atoms with E-state index in [4.69, 9.17) is 5.26 Å². The molecule has 0 unspecified atom stereocenters. The fourth-order valence-electron chi connectivity index (χ4n) is 4.46. The van der Waals surface area contributed by atoms with Crippen molar-refractivity contribution >= 4 is 17.4 Å². The maximum atomic E-state index is 12.7. The highest BCUT2D eigenvalue weighted by Crippen LogP contribution is 2.26. The molecule has 0 radical (unpaired) electrons. The van der Waals surface area contributed by atoms with Gasteiger partial charge >= 0.3 is 6.03 Å². The number of hydrogen-bond acceptors (Lipinski definition) is 4. The van der Waals surface area contributed by atoms with Gasteiger partial charge in [0.05, 0.1) is 18.2 Å². The Balaban J connectivity index is 1.37. The fourth-order valence-corrected chi connectivity index (χ4v) is 4.46. The summed E-state index contributed by atoms with van der Waals surface area (Å²) in [4.78, 5) is 15.1.